The molecule has 0 spiro atoms. The maximum Gasteiger partial charge on any atom is 0.408 e. The first kappa shape index (κ1) is 22.1. The number of carbonyl (C=O) groups is 3. The Morgan fingerprint density at radius 2 is 1.54 bits per heavy atom. The van der Waals surface area contributed by atoms with Crippen molar-refractivity contribution in [1.82, 2.24) is 10.2 Å². The number of fused-ring (bicyclic) bond motifs is 4. The van der Waals surface area contributed by atoms with Crippen molar-refractivity contribution < 1.29 is 29.0 Å². The van der Waals surface area contributed by atoms with Crippen LogP contribution < -0.4 is 5.32 Å². The zero-order valence-corrected chi connectivity index (χ0v) is 19.3. The second kappa shape index (κ2) is 8.37. The van der Waals surface area contributed by atoms with Crippen LogP contribution in [0.4, 0.5) is 4.79 Å². The van der Waals surface area contributed by atoms with E-state index in [4.69, 9.17) is 9.47 Å². The van der Waals surface area contributed by atoms with Crippen LogP contribution in [0.3, 0.4) is 0 Å². The summed E-state index contributed by atoms with van der Waals surface area (Å²) in [7, 11) is 0. The SMILES string of the molecule is O=C(NC1(C(=O)N2C[C@@H]3C(C(=O)O)[C@@H]3C2)CCOCC1)OCC1c2ccccc2-c2ccccc21. The van der Waals surface area contributed by atoms with Crippen molar-refractivity contribution in [1.29, 1.82) is 0 Å². The third-order valence-electron chi connectivity index (χ3n) is 8.21. The second-order valence-electron chi connectivity index (χ2n) is 10.0. The van der Waals surface area contributed by atoms with Gasteiger partial charge in [-0.1, -0.05) is 48.5 Å². The molecule has 2 aliphatic heterocycles. The lowest BCUT2D eigenvalue weighted by atomic mass is 9.88. The summed E-state index contributed by atoms with van der Waals surface area (Å²) in [5.41, 5.74) is 3.47. The lowest BCUT2D eigenvalue weighted by Crippen LogP contribution is -2.62. The lowest BCUT2D eigenvalue weighted by Gasteiger charge is -2.39. The van der Waals surface area contributed by atoms with Crippen molar-refractivity contribution in [2.24, 2.45) is 17.8 Å². The fourth-order valence-electron chi connectivity index (χ4n) is 6.30. The summed E-state index contributed by atoms with van der Waals surface area (Å²) < 4.78 is 11.2. The number of aliphatic carboxylic acids is 1. The highest BCUT2D eigenvalue weighted by Crippen LogP contribution is 2.52. The van der Waals surface area contributed by atoms with Gasteiger partial charge in [0.1, 0.15) is 12.1 Å². The van der Waals surface area contributed by atoms with Crippen LogP contribution in [0, 0.1) is 17.8 Å². The van der Waals surface area contributed by atoms with Gasteiger partial charge in [-0.05, 0) is 34.1 Å². The van der Waals surface area contributed by atoms with Gasteiger partial charge >= 0.3 is 12.1 Å². The van der Waals surface area contributed by atoms with Crippen LogP contribution in [0.25, 0.3) is 11.1 Å². The minimum Gasteiger partial charge on any atom is -0.481 e. The molecule has 2 aliphatic carbocycles. The number of benzene rings is 2. The summed E-state index contributed by atoms with van der Waals surface area (Å²) in [6.45, 7) is 1.77. The fraction of sp³-hybridized carbons (Fsp3) is 0.444. The number of likely N-dealkylation sites (tertiary alicyclic amines) is 1. The number of hydrogen-bond acceptors (Lipinski definition) is 5. The number of carboxylic acid groups (broad SMARTS) is 1. The predicted molar refractivity (Wildman–Crippen MR) is 126 cm³/mol. The Balaban J connectivity index is 1.14. The molecular weight excluding hydrogens is 448 g/mol. The Kier molecular flexibility index (Phi) is 5.29. The van der Waals surface area contributed by atoms with Gasteiger partial charge in [-0.3, -0.25) is 9.59 Å². The smallest absolute Gasteiger partial charge is 0.408 e. The monoisotopic (exact) mass is 476 g/mol. The summed E-state index contributed by atoms with van der Waals surface area (Å²) in [6.07, 6.45) is 0.115. The number of alkyl carbamates (subject to hydrolysis) is 1. The molecule has 8 heteroatoms. The fourth-order valence-corrected chi connectivity index (χ4v) is 6.30. The summed E-state index contributed by atoms with van der Waals surface area (Å²) in [4.78, 5) is 39.6. The predicted octanol–water partition coefficient (Wildman–Crippen LogP) is 2.86. The van der Waals surface area contributed by atoms with Crippen LogP contribution in [0.2, 0.25) is 0 Å². The van der Waals surface area contributed by atoms with Crippen LogP contribution in [0.5, 0.6) is 0 Å². The molecule has 6 rings (SSSR count). The second-order valence-corrected chi connectivity index (χ2v) is 10.0. The maximum absolute atomic E-state index is 13.5. The number of carboxylic acids is 1. The highest BCUT2D eigenvalue weighted by atomic mass is 16.5. The third kappa shape index (κ3) is 3.67. The summed E-state index contributed by atoms with van der Waals surface area (Å²) in [6, 6.07) is 16.3. The molecule has 2 heterocycles. The van der Waals surface area contributed by atoms with Gasteiger partial charge < -0.3 is 24.8 Å². The maximum atomic E-state index is 13.5. The largest absolute Gasteiger partial charge is 0.481 e. The number of ether oxygens (including phenoxy) is 2. The standard InChI is InChI=1S/C27H28N2O6/c30-24(31)23-20-13-29(14-21(20)23)25(32)27(9-11-34-12-10-27)28-26(33)35-15-22-18-7-3-1-5-16(18)17-6-2-4-8-19(17)22/h1-8,20-23H,9-15H2,(H,28,33)(H,30,31)/t20-,21+,23?. The van der Waals surface area contributed by atoms with E-state index in [2.05, 4.69) is 29.6 Å². The van der Waals surface area contributed by atoms with Crippen molar-refractivity contribution in [2.75, 3.05) is 32.9 Å². The van der Waals surface area contributed by atoms with E-state index in [1.165, 1.54) is 0 Å². The molecule has 0 bridgehead atoms. The quantitative estimate of drug-likeness (QED) is 0.688. The number of carbonyl (C=O) groups excluding carboxylic acids is 2. The minimum absolute atomic E-state index is 0.0165. The van der Waals surface area contributed by atoms with E-state index in [0.29, 0.717) is 39.1 Å². The van der Waals surface area contributed by atoms with Gasteiger partial charge in [-0.25, -0.2) is 4.79 Å². The van der Waals surface area contributed by atoms with Crippen molar-refractivity contribution >= 4 is 18.0 Å². The molecule has 4 aliphatic rings. The van der Waals surface area contributed by atoms with Gasteiger partial charge in [0.2, 0.25) is 5.91 Å². The first-order chi connectivity index (χ1) is 17.0. The molecule has 2 aromatic carbocycles. The Labute approximate surface area is 203 Å². The van der Waals surface area contributed by atoms with Crippen LogP contribution in [-0.2, 0) is 19.1 Å². The van der Waals surface area contributed by atoms with Crippen molar-refractivity contribution in [3.8, 4) is 11.1 Å². The average Bonchev–Trinajstić information content (AvgIpc) is 3.23. The summed E-state index contributed by atoms with van der Waals surface area (Å²) in [5, 5.41) is 12.2. The Morgan fingerprint density at radius 1 is 0.971 bits per heavy atom. The van der Waals surface area contributed by atoms with Crippen molar-refractivity contribution in [3.63, 3.8) is 0 Å². The number of nitrogens with zero attached hydrogens (tertiary/aromatic N) is 1. The van der Waals surface area contributed by atoms with Crippen LogP contribution in [0.1, 0.15) is 29.9 Å². The van der Waals surface area contributed by atoms with E-state index in [1.54, 1.807) is 4.90 Å². The lowest BCUT2D eigenvalue weighted by molar-refractivity contribution is -0.144. The van der Waals surface area contributed by atoms with E-state index >= 15 is 0 Å². The number of amides is 2. The van der Waals surface area contributed by atoms with Crippen molar-refractivity contribution in [3.05, 3.63) is 59.7 Å². The highest BCUT2D eigenvalue weighted by Gasteiger charge is 2.62. The molecule has 2 aromatic rings. The third-order valence-corrected chi connectivity index (χ3v) is 8.21. The van der Waals surface area contributed by atoms with E-state index in [-0.39, 0.29) is 36.2 Å². The number of nitrogens with one attached hydrogen (secondary N) is 1. The zero-order valence-electron chi connectivity index (χ0n) is 19.3. The van der Waals surface area contributed by atoms with Gasteiger partial charge in [0, 0.05) is 45.1 Å². The molecule has 0 aromatic heterocycles. The van der Waals surface area contributed by atoms with Gasteiger partial charge in [0.15, 0.2) is 0 Å². The highest BCUT2D eigenvalue weighted by molar-refractivity contribution is 5.91. The molecule has 3 atom stereocenters. The molecule has 2 N–H and O–H groups in total. The van der Waals surface area contributed by atoms with Gasteiger partial charge in [0.05, 0.1) is 5.92 Å². The number of piperidine rings is 1. The van der Waals surface area contributed by atoms with Gasteiger partial charge in [-0.2, -0.15) is 0 Å². The molecule has 3 fully saturated rings. The van der Waals surface area contributed by atoms with Gasteiger partial charge in [-0.15, -0.1) is 0 Å². The van der Waals surface area contributed by atoms with Crippen LogP contribution in [0.15, 0.2) is 48.5 Å². The molecule has 35 heavy (non-hydrogen) atoms. The Bertz CT molecular complexity index is 1130. The molecule has 0 radical (unpaired) electrons. The molecule has 2 amide bonds. The molecular formula is C27H28N2O6. The Hall–Kier alpha value is -3.39. The van der Waals surface area contributed by atoms with Crippen LogP contribution >= 0.6 is 0 Å². The Morgan fingerprint density at radius 3 is 2.11 bits per heavy atom. The minimum atomic E-state index is -1.09. The number of hydrogen-bond donors (Lipinski definition) is 2. The molecule has 2 saturated heterocycles. The van der Waals surface area contributed by atoms with E-state index in [1.807, 2.05) is 24.3 Å². The van der Waals surface area contributed by atoms with Gasteiger partial charge in [0.25, 0.3) is 0 Å². The van der Waals surface area contributed by atoms with E-state index in [0.717, 1.165) is 22.3 Å². The van der Waals surface area contributed by atoms with E-state index < -0.39 is 17.6 Å². The molecule has 182 valence electrons. The molecule has 1 saturated carbocycles. The first-order valence-corrected chi connectivity index (χ1v) is 12.2. The van der Waals surface area contributed by atoms with Crippen LogP contribution in [-0.4, -0.2) is 66.4 Å². The summed E-state index contributed by atoms with van der Waals surface area (Å²) >= 11 is 0. The zero-order chi connectivity index (χ0) is 24.2. The topological polar surface area (TPSA) is 105 Å². The number of rotatable bonds is 5. The molecule has 8 nitrogen and oxygen atoms in total. The van der Waals surface area contributed by atoms with E-state index in [9.17, 15) is 19.5 Å². The molecule has 1 unspecified atom stereocenters. The average molecular weight is 477 g/mol. The van der Waals surface area contributed by atoms with Crippen molar-refractivity contribution in [2.45, 2.75) is 24.3 Å². The normalized spacial score (nSPS) is 25.8. The summed E-state index contributed by atoms with van der Waals surface area (Å²) in [5.74, 6) is -1.33. The first-order valence-electron chi connectivity index (χ1n) is 12.2.